The van der Waals surface area contributed by atoms with Gasteiger partial charge in [-0.2, -0.15) is 5.10 Å². The van der Waals surface area contributed by atoms with Crippen LogP contribution in [0, 0.1) is 10.1 Å². The van der Waals surface area contributed by atoms with Crippen LogP contribution in [-0.4, -0.2) is 26.4 Å². The summed E-state index contributed by atoms with van der Waals surface area (Å²) in [7, 11) is 0. The lowest BCUT2D eigenvalue weighted by molar-refractivity contribution is -0.386. The summed E-state index contributed by atoms with van der Waals surface area (Å²) < 4.78 is 6.89. The molecule has 0 saturated carbocycles. The van der Waals surface area contributed by atoms with Crippen LogP contribution in [0.4, 0.5) is 5.69 Å². The summed E-state index contributed by atoms with van der Waals surface area (Å²) in [5.74, 6) is 0. The van der Waals surface area contributed by atoms with Gasteiger partial charge in [-0.3, -0.25) is 10.1 Å². The molecule has 1 saturated heterocycles. The molecule has 2 heterocycles. The third-order valence-electron chi connectivity index (χ3n) is 2.58. The second-order valence-electron chi connectivity index (χ2n) is 3.68. The molecule has 7 nitrogen and oxygen atoms in total. The van der Waals surface area contributed by atoms with E-state index in [0.717, 1.165) is 19.3 Å². The Bertz CT molecular complexity index is 384. The summed E-state index contributed by atoms with van der Waals surface area (Å²) in [5, 5.41) is 23.6. The van der Waals surface area contributed by atoms with Crippen LogP contribution in [0.3, 0.4) is 0 Å². The van der Waals surface area contributed by atoms with Crippen molar-refractivity contribution in [2.45, 2.75) is 32.1 Å². The first kappa shape index (κ1) is 11.0. The number of aromatic nitrogens is 2. The molecule has 1 aromatic heterocycles. The van der Waals surface area contributed by atoms with Gasteiger partial charge < -0.3 is 9.84 Å². The number of aliphatic hydroxyl groups is 1. The summed E-state index contributed by atoms with van der Waals surface area (Å²) >= 11 is 0. The van der Waals surface area contributed by atoms with Gasteiger partial charge in [0.05, 0.1) is 11.5 Å². The van der Waals surface area contributed by atoms with Crippen LogP contribution >= 0.6 is 0 Å². The predicted octanol–water partition coefficient (Wildman–Crippen LogP) is 0.983. The van der Waals surface area contributed by atoms with Gasteiger partial charge in [-0.1, -0.05) is 0 Å². The molecule has 1 aromatic rings. The Balaban J connectivity index is 2.24. The van der Waals surface area contributed by atoms with E-state index in [0.29, 0.717) is 6.61 Å². The van der Waals surface area contributed by atoms with Gasteiger partial charge in [0.25, 0.3) is 0 Å². The fraction of sp³-hybridized carbons (Fsp3) is 0.667. The second-order valence-corrected chi connectivity index (χ2v) is 3.68. The highest BCUT2D eigenvalue weighted by molar-refractivity contribution is 5.31. The standard InChI is InChI=1S/C9H13N3O4/c13-6-7-8(12(14)15)5-11(10-7)9-3-1-2-4-16-9/h5,9,13H,1-4,6H2. The number of nitrogens with zero attached hydrogens (tertiary/aromatic N) is 3. The van der Waals surface area contributed by atoms with E-state index in [9.17, 15) is 10.1 Å². The Morgan fingerprint density at radius 3 is 3.00 bits per heavy atom. The minimum atomic E-state index is -0.544. The minimum absolute atomic E-state index is 0.0826. The lowest BCUT2D eigenvalue weighted by Gasteiger charge is -2.22. The van der Waals surface area contributed by atoms with Gasteiger partial charge in [-0.25, -0.2) is 4.68 Å². The molecule has 0 aliphatic carbocycles. The molecule has 16 heavy (non-hydrogen) atoms. The van der Waals surface area contributed by atoms with E-state index >= 15 is 0 Å². The fourth-order valence-corrected chi connectivity index (χ4v) is 1.76. The number of ether oxygens (including phenoxy) is 1. The largest absolute Gasteiger partial charge is 0.390 e. The SMILES string of the molecule is O=[N+]([O-])c1cn(C2CCCCO2)nc1CO. The van der Waals surface area contributed by atoms with Crippen LogP contribution in [-0.2, 0) is 11.3 Å². The molecule has 0 spiro atoms. The monoisotopic (exact) mass is 227 g/mol. The zero-order valence-electron chi connectivity index (χ0n) is 8.70. The normalized spacial score (nSPS) is 20.9. The number of nitro groups is 1. The van der Waals surface area contributed by atoms with Crippen LogP contribution in [0.1, 0.15) is 31.2 Å². The maximum Gasteiger partial charge on any atom is 0.312 e. The van der Waals surface area contributed by atoms with Crippen molar-refractivity contribution in [1.29, 1.82) is 0 Å². The number of rotatable bonds is 3. The van der Waals surface area contributed by atoms with Gasteiger partial charge >= 0.3 is 5.69 Å². The predicted molar refractivity (Wildman–Crippen MR) is 53.6 cm³/mol. The Kier molecular flexibility index (Phi) is 3.16. The highest BCUT2D eigenvalue weighted by Gasteiger charge is 2.23. The van der Waals surface area contributed by atoms with Crippen LogP contribution in [0.25, 0.3) is 0 Å². The Morgan fingerprint density at radius 2 is 2.50 bits per heavy atom. The molecule has 7 heteroatoms. The van der Waals surface area contributed by atoms with Crippen molar-refractivity contribution in [1.82, 2.24) is 9.78 Å². The molecule has 0 bridgehead atoms. The van der Waals surface area contributed by atoms with Crippen LogP contribution < -0.4 is 0 Å². The third-order valence-corrected chi connectivity index (χ3v) is 2.58. The lowest BCUT2D eigenvalue weighted by atomic mass is 10.2. The molecule has 1 aliphatic heterocycles. The number of hydrogen-bond acceptors (Lipinski definition) is 5. The molecule has 0 aromatic carbocycles. The average Bonchev–Trinajstić information content (AvgIpc) is 2.74. The van der Waals surface area contributed by atoms with E-state index in [1.54, 1.807) is 0 Å². The topological polar surface area (TPSA) is 90.4 Å². The molecular weight excluding hydrogens is 214 g/mol. The zero-order chi connectivity index (χ0) is 11.5. The van der Waals surface area contributed by atoms with Crippen LogP contribution in [0.2, 0.25) is 0 Å². The average molecular weight is 227 g/mol. The first-order valence-electron chi connectivity index (χ1n) is 5.17. The highest BCUT2D eigenvalue weighted by atomic mass is 16.6. The molecule has 2 rings (SSSR count). The Labute approximate surface area is 91.8 Å². The van der Waals surface area contributed by atoms with E-state index in [4.69, 9.17) is 9.84 Å². The summed E-state index contributed by atoms with van der Waals surface area (Å²) in [5.41, 5.74) is -0.0733. The summed E-state index contributed by atoms with van der Waals surface area (Å²) in [4.78, 5) is 10.1. The quantitative estimate of drug-likeness (QED) is 0.614. The molecule has 1 fully saturated rings. The maximum atomic E-state index is 10.7. The van der Waals surface area contributed by atoms with Crippen molar-refractivity contribution in [2.24, 2.45) is 0 Å². The first-order valence-corrected chi connectivity index (χ1v) is 5.17. The molecule has 0 radical (unpaired) electrons. The van der Waals surface area contributed by atoms with Gasteiger partial charge in [0.15, 0.2) is 5.69 Å². The van der Waals surface area contributed by atoms with Gasteiger partial charge in [-0.05, 0) is 19.3 Å². The number of aliphatic hydroxyl groups excluding tert-OH is 1. The van der Waals surface area contributed by atoms with E-state index in [1.807, 2.05) is 0 Å². The molecule has 1 aliphatic rings. The van der Waals surface area contributed by atoms with Crippen LogP contribution in [0.5, 0.6) is 0 Å². The molecule has 1 atom stereocenters. The fourth-order valence-electron chi connectivity index (χ4n) is 1.76. The molecule has 88 valence electrons. The molecule has 0 amide bonds. The van der Waals surface area contributed by atoms with Crippen molar-refractivity contribution in [3.05, 3.63) is 22.0 Å². The van der Waals surface area contributed by atoms with Gasteiger partial charge in [0.1, 0.15) is 12.4 Å². The van der Waals surface area contributed by atoms with Crippen molar-refractivity contribution >= 4 is 5.69 Å². The summed E-state index contributed by atoms with van der Waals surface area (Å²) in [6, 6.07) is 0. The van der Waals surface area contributed by atoms with Crippen LogP contribution in [0.15, 0.2) is 6.20 Å². The van der Waals surface area contributed by atoms with E-state index in [2.05, 4.69) is 5.10 Å². The van der Waals surface area contributed by atoms with Crippen molar-refractivity contribution in [3.63, 3.8) is 0 Å². The van der Waals surface area contributed by atoms with Gasteiger partial charge in [0, 0.05) is 6.61 Å². The highest BCUT2D eigenvalue weighted by Crippen LogP contribution is 2.25. The Hall–Kier alpha value is -1.47. The first-order chi connectivity index (χ1) is 7.72. The Morgan fingerprint density at radius 1 is 1.69 bits per heavy atom. The van der Waals surface area contributed by atoms with Crippen molar-refractivity contribution in [2.75, 3.05) is 6.61 Å². The second kappa shape index (κ2) is 4.58. The van der Waals surface area contributed by atoms with Gasteiger partial charge in [-0.15, -0.1) is 0 Å². The lowest BCUT2D eigenvalue weighted by Crippen LogP contribution is -2.18. The smallest absolute Gasteiger partial charge is 0.312 e. The third kappa shape index (κ3) is 2.05. The summed E-state index contributed by atoms with van der Waals surface area (Å²) in [6.07, 6.45) is 3.90. The zero-order valence-corrected chi connectivity index (χ0v) is 8.70. The van der Waals surface area contributed by atoms with Crippen molar-refractivity contribution < 1.29 is 14.8 Å². The molecular formula is C9H13N3O4. The van der Waals surface area contributed by atoms with E-state index < -0.39 is 11.5 Å². The van der Waals surface area contributed by atoms with E-state index in [1.165, 1.54) is 10.9 Å². The molecule has 1 unspecified atom stereocenters. The maximum absolute atomic E-state index is 10.7. The minimum Gasteiger partial charge on any atom is -0.390 e. The molecule has 1 N–H and O–H groups in total. The number of hydrogen-bond donors (Lipinski definition) is 1. The summed E-state index contributed by atoms with van der Waals surface area (Å²) in [6.45, 7) is 0.211. The van der Waals surface area contributed by atoms with Gasteiger partial charge in [0.2, 0.25) is 0 Å². The van der Waals surface area contributed by atoms with E-state index in [-0.39, 0.29) is 17.6 Å². The van der Waals surface area contributed by atoms with Crippen molar-refractivity contribution in [3.8, 4) is 0 Å².